The number of aryl methyl sites for hydroxylation is 1. The molecule has 0 saturated carbocycles. The van der Waals surface area contributed by atoms with Crippen LogP contribution in [-0.2, 0) is 23.6 Å². The summed E-state index contributed by atoms with van der Waals surface area (Å²) in [5.74, 6) is -2.31. The Labute approximate surface area is 114 Å². The molecule has 6 nitrogen and oxygen atoms in total. The molecule has 2 rings (SSSR count). The van der Waals surface area contributed by atoms with Crippen molar-refractivity contribution < 1.29 is 17.2 Å². The number of nitrogens with two attached hydrogens (primary N) is 1. The summed E-state index contributed by atoms with van der Waals surface area (Å²) in [6.07, 6.45) is 1.50. The average Bonchev–Trinajstić information content (AvgIpc) is 2.79. The molecule has 0 atom stereocenters. The molecule has 1 aromatic heterocycles. The molecule has 0 spiro atoms. The van der Waals surface area contributed by atoms with Crippen LogP contribution in [0, 0.1) is 11.6 Å². The maximum atomic E-state index is 13.7. The first-order valence-corrected chi connectivity index (χ1v) is 7.01. The molecule has 2 aromatic rings. The summed E-state index contributed by atoms with van der Waals surface area (Å²) in [6.45, 7) is -0.0739. The molecule has 0 fully saturated rings. The van der Waals surface area contributed by atoms with Gasteiger partial charge in [0.25, 0.3) is 0 Å². The second-order valence-electron chi connectivity index (χ2n) is 4.04. The SMILES string of the molecule is Cn1nccc1CNS(=O)(=O)c1ccc(F)c(N)c1F. The van der Waals surface area contributed by atoms with Crippen LogP contribution in [0.25, 0.3) is 0 Å². The van der Waals surface area contributed by atoms with Crippen LogP contribution >= 0.6 is 0 Å². The molecule has 20 heavy (non-hydrogen) atoms. The van der Waals surface area contributed by atoms with Gasteiger partial charge in [0.2, 0.25) is 10.0 Å². The van der Waals surface area contributed by atoms with Crippen LogP contribution in [0.3, 0.4) is 0 Å². The number of nitrogens with zero attached hydrogens (tertiary/aromatic N) is 2. The third-order valence-corrected chi connectivity index (χ3v) is 4.17. The minimum Gasteiger partial charge on any atom is -0.394 e. The molecule has 0 amide bonds. The van der Waals surface area contributed by atoms with Gasteiger partial charge in [0.1, 0.15) is 16.4 Å². The molecule has 0 saturated heterocycles. The second kappa shape index (κ2) is 5.17. The third kappa shape index (κ3) is 2.63. The number of benzene rings is 1. The van der Waals surface area contributed by atoms with Crippen LogP contribution in [0.2, 0.25) is 0 Å². The average molecular weight is 302 g/mol. The molecular formula is C11H12F2N4O2S. The van der Waals surface area contributed by atoms with Gasteiger partial charge in [-0.1, -0.05) is 0 Å². The predicted octanol–water partition coefficient (Wildman–Crippen LogP) is 0.759. The lowest BCUT2D eigenvalue weighted by atomic mass is 10.3. The van der Waals surface area contributed by atoms with Crippen molar-refractivity contribution in [1.29, 1.82) is 0 Å². The number of nitrogens with one attached hydrogen (secondary N) is 1. The van der Waals surface area contributed by atoms with E-state index >= 15 is 0 Å². The summed E-state index contributed by atoms with van der Waals surface area (Å²) in [7, 11) is -2.50. The van der Waals surface area contributed by atoms with E-state index < -0.39 is 32.2 Å². The van der Waals surface area contributed by atoms with Gasteiger partial charge in [-0.3, -0.25) is 4.68 Å². The fourth-order valence-electron chi connectivity index (χ4n) is 1.58. The Balaban J connectivity index is 2.27. The summed E-state index contributed by atoms with van der Waals surface area (Å²) in [4.78, 5) is -0.696. The van der Waals surface area contributed by atoms with E-state index in [1.165, 1.54) is 10.9 Å². The van der Waals surface area contributed by atoms with E-state index in [2.05, 4.69) is 9.82 Å². The molecule has 0 aliphatic carbocycles. The van der Waals surface area contributed by atoms with Crippen molar-refractivity contribution in [2.45, 2.75) is 11.4 Å². The molecule has 1 heterocycles. The molecule has 0 radical (unpaired) electrons. The number of hydrogen-bond donors (Lipinski definition) is 2. The Kier molecular flexibility index (Phi) is 3.73. The van der Waals surface area contributed by atoms with Crippen molar-refractivity contribution in [3.63, 3.8) is 0 Å². The van der Waals surface area contributed by atoms with Gasteiger partial charge < -0.3 is 5.73 Å². The largest absolute Gasteiger partial charge is 0.394 e. The number of nitrogen functional groups attached to an aromatic ring is 1. The van der Waals surface area contributed by atoms with Gasteiger partial charge in [0.05, 0.1) is 12.2 Å². The molecule has 0 bridgehead atoms. The van der Waals surface area contributed by atoms with Gasteiger partial charge >= 0.3 is 0 Å². The summed E-state index contributed by atoms with van der Waals surface area (Å²) in [5, 5.41) is 3.87. The van der Waals surface area contributed by atoms with E-state index in [1.807, 2.05) is 0 Å². The van der Waals surface area contributed by atoms with E-state index in [4.69, 9.17) is 5.73 Å². The van der Waals surface area contributed by atoms with Crippen LogP contribution in [0.1, 0.15) is 5.69 Å². The van der Waals surface area contributed by atoms with Crippen molar-refractivity contribution in [1.82, 2.24) is 14.5 Å². The zero-order valence-electron chi connectivity index (χ0n) is 10.5. The molecule has 0 aliphatic heterocycles. The first kappa shape index (κ1) is 14.4. The second-order valence-corrected chi connectivity index (χ2v) is 5.78. The highest BCUT2D eigenvalue weighted by Crippen LogP contribution is 2.22. The Morgan fingerprint density at radius 1 is 1.35 bits per heavy atom. The first-order valence-electron chi connectivity index (χ1n) is 5.53. The standard InChI is InChI=1S/C11H12F2N4O2S/c1-17-7(4-5-15-17)6-16-20(18,19)9-3-2-8(12)11(14)10(9)13/h2-5,16H,6,14H2,1H3. The Morgan fingerprint density at radius 3 is 2.65 bits per heavy atom. The van der Waals surface area contributed by atoms with E-state index in [0.29, 0.717) is 5.69 Å². The maximum Gasteiger partial charge on any atom is 0.243 e. The van der Waals surface area contributed by atoms with E-state index in [0.717, 1.165) is 12.1 Å². The lowest BCUT2D eigenvalue weighted by molar-refractivity contribution is 0.546. The monoisotopic (exact) mass is 302 g/mol. The lowest BCUT2D eigenvalue weighted by Crippen LogP contribution is -2.25. The number of hydrogen-bond acceptors (Lipinski definition) is 4. The lowest BCUT2D eigenvalue weighted by Gasteiger charge is -2.09. The van der Waals surface area contributed by atoms with Crippen molar-refractivity contribution in [3.05, 3.63) is 41.7 Å². The number of anilines is 1. The maximum absolute atomic E-state index is 13.7. The van der Waals surface area contributed by atoms with Gasteiger partial charge in [-0.15, -0.1) is 0 Å². The quantitative estimate of drug-likeness (QED) is 0.816. The number of sulfonamides is 1. The summed E-state index contributed by atoms with van der Waals surface area (Å²) >= 11 is 0. The Morgan fingerprint density at radius 2 is 2.05 bits per heavy atom. The van der Waals surface area contributed by atoms with Gasteiger partial charge in [-0.25, -0.2) is 21.9 Å². The summed E-state index contributed by atoms with van der Waals surface area (Å²) in [6, 6.07) is 3.24. The molecule has 108 valence electrons. The summed E-state index contributed by atoms with van der Waals surface area (Å²) < 4.78 is 54.3. The van der Waals surface area contributed by atoms with Crippen LogP contribution in [0.15, 0.2) is 29.3 Å². The van der Waals surface area contributed by atoms with Crippen LogP contribution in [0.5, 0.6) is 0 Å². The van der Waals surface area contributed by atoms with Crippen molar-refractivity contribution in [2.24, 2.45) is 7.05 Å². The van der Waals surface area contributed by atoms with Crippen molar-refractivity contribution >= 4 is 15.7 Å². The van der Waals surface area contributed by atoms with Crippen LogP contribution in [0.4, 0.5) is 14.5 Å². The zero-order chi connectivity index (χ0) is 14.9. The van der Waals surface area contributed by atoms with Crippen molar-refractivity contribution in [2.75, 3.05) is 5.73 Å². The number of aromatic nitrogens is 2. The highest BCUT2D eigenvalue weighted by Gasteiger charge is 2.22. The van der Waals surface area contributed by atoms with Crippen LogP contribution in [-0.4, -0.2) is 18.2 Å². The first-order chi connectivity index (χ1) is 9.33. The van der Waals surface area contributed by atoms with Crippen molar-refractivity contribution in [3.8, 4) is 0 Å². The Hall–Kier alpha value is -2.00. The van der Waals surface area contributed by atoms with Crippen LogP contribution < -0.4 is 10.5 Å². The van der Waals surface area contributed by atoms with Gasteiger partial charge in [-0.2, -0.15) is 5.10 Å². The molecule has 0 aliphatic rings. The molecule has 9 heteroatoms. The normalized spacial score (nSPS) is 11.8. The number of rotatable bonds is 4. The fraction of sp³-hybridized carbons (Fsp3) is 0.182. The topological polar surface area (TPSA) is 90.0 Å². The van der Waals surface area contributed by atoms with Gasteiger partial charge in [0.15, 0.2) is 5.82 Å². The smallest absolute Gasteiger partial charge is 0.243 e. The van der Waals surface area contributed by atoms with E-state index in [1.54, 1.807) is 13.1 Å². The highest BCUT2D eigenvalue weighted by atomic mass is 32.2. The predicted molar refractivity (Wildman–Crippen MR) is 68.0 cm³/mol. The van der Waals surface area contributed by atoms with Gasteiger partial charge in [0, 0.05) is 13.2 Å². The fourth-order valence-corrected chi connectivity index (χ4v) is 2.66. The highest BCUT2D eigenvalue weighted by molar-refractivity contribution is 7.89. The van der Waals surface area contributed by atoms with Gasteiger partial charge in [-0.05, 0) is 18.2 Å². The third-order valence-electron chi connectivity index (χ3n) is 2.75. The minimum absolute atomic E-state index is 0.0739. The molecule has 3 N–H and O–H groups in total. The molecular weight excluding hydrogens is 290 g/mol. The minimum atomic E-state index is -4.14. The number of halogens is 2. The molecule has 1 aromatic carbocycles. The van der Waals surface area contributed by atoms with E-state index in [-0.39, 0.29) is 6.54 Å². The van der Waals surface area contributed by atoms with E-state index in [9.17, 15) is 17.2 Å². The molecule has 0 unspecified atom stereocenters. The Bertz CT molecular complexity index is 743. The zero-order valence-corrected chi connectivity index (χ0v) is 11.3. The summed E-state index contributed by atoms with van der Waals surface area (Å²) in [5.41, 5.74) is 4.90.